The maximum absolute atomic E-state index is 12.1. The quantitative estimate of drug-likeness (QED) is 0.233. The first-order valence-electron chi connectivity index (χ1n) is 6.06. The fourth-order valence-corrected chi connectivity index (χ4v) is 2.28. The largest absolute Gasteiger partial charge is 0.433 e. The molecule has 1 aromatic rings. The normalized spacial score (nSPS) is 12.1. The summed E-state index contributed by atoms with van der Waals surface area (Å²) in [4.78, 5) is 24.0. The molecule has 0 bridgehead atoms. The van der Waals surface area contributed by atoms with Gasteiger partial charge in [0.2, 0.25) is 3.79 Å². The first kappa shape index (κ1) is 19.3. The Bertz CT molecular complexity index is 541. The molecule has 0 aliphatic rings. The Balaban J connectivity index is 2.71. The lowest BCUT2D eigenvalue weighted by Gasteiger charge is -2.11. The van der Waals surface area contributed by atoms with Gasteiger partial charge in [-0.15, -0.1) is 0 Å². The molecule has 0 saturated carbocycles. The number of halogens is 3. The molecule has 22 heavy (non-hydrogen) atoms. The minimum Gasteiger partial charge on any atom is -0.433 e. The van der Waals surface area contributed by atoms with E-state index in [1.165, 1.54) is 6.92 Å². The fourth-order valence-electron chi connectivity index (χ4n) is 1.23. The van der Waals surface area contributed by atoms with Crippen LogP contribution >= 0.6 is 46.6 Å². The summed E-state index contributed by atoms with van der Waals surface area (Å²) in [5.41, 5.74) is 0. The van der Waals surface area contributed by atoms with Crippen molar-refractivity contribution in [2.75, 3.05) is 13.2 Å². The Morgan fingerprint density at radius 3 is 2.41 bits per heavy atom. The van der Waals surface area contributed by atoms with Crippen molar-refractivity contribution in [1.29, 1.82) is 0 Å². The Morgan fingerprint density at radius 2 is 1.86 bits per heavy atom. The third-order valence-corrected chi connectivity index (χ3v) is 3.46. The van der Waals surface area contributed by atoms with Crippen LogP contribution in [0.25, 0.3) is 0 Å². The lowest BCUT2D eigenvalue weighted by atomic mass is 10.4. The van der Waals surface area contributed by atoms with Crippen molar-refractivity contribution < 1.29 is 19.1 Å². The molecule has 0 amide bonds. The second kappa shape index (κ2) is 9.43. The lowest BCUT2D eigenvalue weighted by Crippen LogP contribution is -2.18. The van der Waals surface area contributed by atoms with Crippen molar-refractivity contribution in [3.63, 3.8) is 0 Å². The molecule has 120 valence electrons. The van der Waals surface area contributed by atoms with E-state index in [1.807, 2.05) is 30.3 Å². The number of benzene rings is 1. The van der Waals surface area contributed by atoms with Crippen LogP contribution in [-0.2, 0) is 19.1 Å². The second-order valence-electron chi connectivity index (χ2n) is 4.04. The Kier molecular flexibility index (Phi) is 8.28. The SMILES string of the molecule is CC(=O)O/C=C(\Sc1ccccc1)C(=O)COCC(Cl)(Cl)Cl. The van der Waals surface area contributed by atoms with Crippen molar-refractivity contribution >= 4 is 58.3 Å². The van der Waals surface area contributed by atoms with Crippen LogP contribution < -0.4 is 0 Å². The van der Waals surface area contributed by atoms with Crippen LogP contribution in [-0.4, -0.2) is 28.8 Å². The number of rotatable bonds is 7. The summed E-state index contributed by atoms with van der Waals surface area (Å²) in [6.45, 7) is 0.728. The maximum Gasteiger partial charge on any atom is 0.307 e. The van der Waals surface area contributed by atoms with Crippen LogP contribution in [0.1, 0.15) is 6.92 Å². The molecule has 0 aliphatic carbocycles. The molecule has 8 heteroatoms. The fraction of sp³-hybridized carbons (Fsp3) is 0.286. The second-order valence-corrected chi connectivity index (χ2v) is 7.67. The van der Waals surface area contributed by atoms with E-state index in [0.717, 1.165) is 22.9 Å². The molecular weight excluding hydrogens is 371 g/mol. The number of Topliss-reactive ketones (excluding diaryl/α,β-unsaturated/α-hetero) is 1. The van der Waals surface area contributed by atoms with Gasteiger partial charge in [-0.1, -0.05) is 64.8 Å². The summed E-state index contributed by atoms with van der Waals surface area (Å²) in [5.74, 6) is -0.912. The summed E-state index contributed by atoms with van der Waals surface area (Å²) in [6, 6.07) is 9.15. The number of hydrogen-bond donors (Lipinski definition) is 0. The zero-order valence-electron chi connectivity index (χ0n) is 11.6. The van der Waals surface area contributed by atoms with Crippen molar-refractivity contribution in [1.82, 2.24) is 0 Å². The molecule has 4 nitrogen and oxygen atoms in total. The van der Waals surface area contributed by atoms with Gasteiger partial charge in [-0.25, -0.2) is 0 Å². The van der Waals surface area contributed by atoms with Gasteiger partial charge in [-0.3, -0.25) is 9.59 Å². The summed E-state index contributed by atoms with van der Waals surface area (Å²) >= 11 is 17.8. The highest BCUT2D eigenvalue weighted by Crippen LogP contribution is 2.28. The van der Waals surface area contributed by atoms with E-state index >= 15 is 0 Å². The number of esters is 1. The van der Waals surface area contributed by atoms with E-state index in [2.05, 4.69) is 0 Å². The van der Waals surface area contributed by atoms with Crippen LogP contribution in [0.4, 0.5) is 0 Å². The van der Waals surface area contributed by atoms with Crippen LogP contribution in [0, 0.1) is 0 Å². The molecule has 0 heterocycles. The Hall–Kier alpha value is -0.720. The van der Waals surface area contributed by atoms with Crippen LogP contribution in [0.2, 0.25) is 0 Å². The number of ketones is 1. The lowest BCUT2D eigenvalue weighted by molar-refractivity contribution is -0.135. The van der Waals surface area contributed by atoms with Gasteiger partial charge in [0.1, 0.15) is 12.9 Å². The van der Waals surface area contributed by atoms with Gasteiger partial charge in [-0.05, 0) is 12.1 Å². The zero-order chi connectivity index (χ0) is 16.6. The molecule has 0 saturated heterocycles. The molecule has 0 fully saturated rings. The highest BCUT2D eigenvalue weighted by atomic mass is 35.6. The predicted molar refractivity (Wildman–Crippen MR) is 88.3 cm³/mol. The van der Waals surface area contributed by atoms with Gasteiger partial charge < -0.3 is 9.47 Å². The number of thioether (sulfide) groups is 1. The van der Waals surface area contributed by atoms with E-state index in [1.54, 1.807) is 0 Å². The Morgan fingerprint density at radius 1 is 1.23 bits per heavy atom. The van der Waals surface area contributed by atoms with Gasteiger partial charge in [0.25, 0.3) is 0 Å². The molecule has 0 N–H and O–H groups in total. The average molecular weight is 384 g/mol. The molecular formula is C14H13Cl3O4S. The van der Waals surface area contributed by atoms with E-state index < -0.39 is 9.76 Å². The molecule has 1 rings (SSSR count). The van der Waals surface area contributed by atoms with Gasteiger partial charge in [0, 0.05) is 11.8 Å². The monoisotopic (exact) mass is 382 g/mol. The van der Waals surface area contributed by atoms with Crippen LogP contribution in [0.15, 0.2) is 46.4 Å². The van der Waals surface area contributed by atoms with Crippen LogP contribution in [0.3, 0.4) is 0 Å². The molecule has 0 radical (unpaired) electrons. The van der Waals surface area contributed by atoms with Gasteiger partial charge >= 0.3 is 5.97 Å². The van der Waals surface area contributed by atoms with Crippen molar-refractivity contribution in [2.24, 2.45) is 0 Å². The van der Waals surface area contributed by atoms with Crippen LogP contribution in [0.5, 0.6) is 0 Å². The van der Waals surface area contributed by atoms with Crippen molar-refractivity contribution in [3.05, 3.63) is 41.5 Å². The number of alkyl halides is 3. The molecule has 0 unspecified atom stereocenters. The van der Waals surface area contributed by atoms with E-state index in [0.29, 0.717) is 0 Å². The van der Waals surface area contributed by atoms with Gasteiger partial charge in [0.15, 0.2) is 5.78 Å². The number of carbonyl (C=O) groups excluding carboxylic acids is 2. The smallest absolute Gasteiger partial charge is 0.307 e. The summed E-state index contributed by atoms with van der Waals surface area (Å²) in [5, 5.41) is 0. The topological polar surface area (TPSA) is 52.6 Å². The van der Waals surface area contributed by atoms with E-state index in [4.69, 9.17) is 44.3 Å². The molecule has 0 atom stereocenters. The minimum absolute atomic E-state index is 0.214. The highest BCUT2D eigenvalue weighted by Gasteiger charge is 2.21. The van der Waals surface area contributed by atoms with Crippen molar-refractivity contribution in [3.8, 4) is 0 Å². The number of carbonyl (C=O) groups is 2. The number of hydrogen-bond acceptors (Lipinski definition) is 5. The first-order chi connectivity index (χ1) is 10.3. The first-order valence-corrected chi connectivity index (χ1v) is 8.01. The summed E-state index contributed by atoms with van der Waals surface area (Å²) in [6.07, 6.45) is 1.10. The maximum atomic E-state index is 12.1. The summed E-state index contributed by atoms with van der Waals surface area (Å²) in [7, 11) is 0. The molecule has 0 spiro atoms. The Labute approximate surface area is 147 Å². The third-order valence-electron chi connectivity index (χ3n) is 2.08. The highest BCUT2D eigenvalue weighted by molar-refractivity contribution is 8.04. The van der Waals surface area contributed by atoms with Crippen molar-refractivity contribution in [2.45, 2.75) is 15.6 Å². The molecule has 1 aromatic carbocycles. The molecule has 0 aliphatic heterocycles. The third kappa shape index (κ3) is 8.66. The predicted octanol–water partition coefficient (Wildman–Crippen LogP) is 4.14. The van der Waals surface area contributed by atoms with Gasteiger partial charge in [-0.2, -0.15) is 0 Å². The standard InChI is InChI=1S/C14H13Cl3O4S/c1-10(18)21-8-13(22-11-5-3-2-4-6-11)12(19)7-20-9-14(15,16)17/h2-6,8H,7,9H2,1H3/b13-8-. The minimum atomic E-state index is -1.59. The van der Waals surface area contributed by atoms with E-state index in [9.17, 15) is 9.59 Å². The van der Waals surface area contributed by atoms with E-state index in [-0.39, 0.29) is 23.9 Å². The summed E-state index contributed by atoms with van der Waals surface area (Å²) < 4.78 is 8.22. The zero-order valence-corrected chi connectivity index (χ0v) is 14.6. The van der Waals surface area contributed by atoms with Gasteiger partial charge in [0.05, 0.1) is 11.5 Å². The number of ether oxygens (including phenoxy) is 2. The molecule has 0 aromatic heterocycles. The average Bonchev–Trinajstić information content (AvgIpc) is 2.42.